The fraction of sp³-hybridized carbons (Fsp3) is 0.207. The Morgan fingerprint density at radius 2 is 1.65 bits per heavy atom. The first-order valence-corrected chi connectivity index (χ1v) is 12.3. The van der Waals surface area contributed by atoms with Gasteiger partial charge in [-0.1, -0.05) is 29.3 Å². The summed E-state index contributed by atoms with van der Waals surface area (Å²) in [4.78, 5) is 32.5. The highest BCUT2D eigenvalue weighted by Crippen LogP contribution is 2.26. The monoisotopic (exact) mass is 516 g/mol. The molecule has 1 aromatic heterocycles. The number of imidazole rings is 1. The lowest BCUT2D eigenvalue weighted by molar-refractivity contribution is -0.117. The number of aryl methyl sites for hydroxylation is 1. The molecule has 0 bridgehead atoms. The van der Waals surface area contributed by atoms with Crippen molar-refractivity contribution in [2.24, 2.45) is 0 Å². The van der Waals surface area contributed by atoms with E-state index >= 15 is 0 Å². The molecule has 4 rings (SSSR count). The molecule has 37 heavy (non-hydrogen) atoms. The number of carbonyl (C=O) groups is 2. The summed E-state index contributed by atoms with van der Waals surface area (Å²) in [7, 11) is 1.62. The number of methoxy groups -OCH3 is 1. The largest absolute Gasteiger partial charge is 0.497 e. The Balaban J connectivity index is 1.61. The van der Waals surface area contributed by atoms with Crippen molar-refractivity contribution in [1.29, 1.82) is 0 Å². The number of nitrogens with zero attached hydrogens (tertiary/aromatic N) is 3. The molecule has 0 saturated heterocycles. The summed E-state index contributed by atoms with van der Waals surface area (Å²) >= 11 is 5.96. The van der Waals surface area contributed by atoms with E-state index in [2.05, 4.69) is 5.32 Å². The number of halogens is 1. The van der Waals surface area contributed by atoms with Crippen molar-refractivity contribution in [1.82, 2.24) is 14.5 Å². The molecule has 3 aromatic carbocycles. The number of carbonyl (C=O) groups excluding carboxylic acids is 2. The van der Waals surface area contributed by atoms with Gasteiger partial charge in [0.15, 0.2) is 0 Å². The van der Waals surface area contributed by atoms with E-state index in [0.29, 0.717) is 22.2 Å². The molecule has 0 aliphatic heterocycles. The topological polar surface area (TPSA) is 76.5 Å². The van der Waals surface area contributed by atoms with Crippen LogP contribution in [-0.2, 0) is 4.79 Å². The molecule has 4 aromatic rings. The third kappa shape index (κ3) is 6.19. The second-order valence-corrected chi connectivity index (χ2v) is 9.40. The van der Waals surface area contributed by atoms with Gasteiger partial charge in [0.05, 0.1) is 12.8 Å². The number of ether oxygens (including phenoxy) is 1. The van der Waals surface area contributed by atoms with Gasteiger partial charge >= 0.3 is 0 Å². The molecule has 0 radical (unpaired) electrons. The van der Waals surface area contributed by atoms with E-state index in [0.717, 1.165) is 22.6 Å². The number of hydrogen-bond donors (Lipinski definition) is 1. The minimum atomic E-state index is -0.351. The van der Waals surface area contributed by atoms with E-state index in [9.17, 15) is 9.59 Å². The van der Waals surface area contributed by atoms with E-state index in [-0.39, 0.29) is 24.4 Å². The maximum absolute atomic E-state index is 13.2. The number of amides is 2. The molecule has 0 aliphatic rings. The predicted octanol–water partition coefficient (Wildman–Crippen LogP) is 6.00. The first-order chi connectivity index (χ1) is 17.7. The van der Waals surface area contributed by atoms with Crippen LogP contribution in [0.5, 0.6) is 5.75 Å². The lowest BCUT2D eigenvalue weighted by Gasteiger charge is -2.26. The van der Waals surface area contributed by atoms with Crippen LogP contribution in [0.25, 0.3) is 16.9 Å². The van der Waals surface area contributed by atoms with Crippen molar-refractivity contribution in [2.45, 2.75) is 26.8 Å². The third-order valence-electron chi connectivity index (χ3n) is 5.94. The summed E-state index contributed by atoms with van der Waals surface area (Å²) in [6, 6.07) is 21.9. The van der Waals surface area contributed by atoms with E-state index in [1.54, 1.807) is 31.4 Å². The maximum Gasteiger partial charge on any atom is 0.254 e. The Bertz CT molecular complexity index is 1380. The average molecular weight is 517 g/mol. The van der Waals surface area contributed by atoms with Gasteiger partial charge in [0.1, 0.15) is 12.3 Å². The first-order valence-electron chi connectivity index (χ1n) is 11.9. The van der Waals surface area contributed by atoms with E-state index in [1.165, 1.54) is 4.90 Å². The minimum absolute atomic E-state index is 0.127. The van der Waals surface area contributed by atoms with Crippen LogP contribution in [0.15, 0.2) is 79.0 Å². The number of anilines is 1. The molecule has 0 spiro atoms. The van der Waals surface area contributed by atoms with Gasteiger partial charge in [0, 0.05) is 34.1 Å². The summed E-state index contributed by atoms with van der Waals surface area (Å²) in [5.74, 6) is 0.510. The number of benzene rings is 3. The second kappa shape index (κ2) is 11.3. The Kier molecular flexibility index (Phi) is 7.94. The first kappa shape index (κ1) is 26.0. The van der Waals surface area contributed by atoms with Crippen molar-refractivity contribution in [2.75, 3.05) is 19.0 Å². The highest BCUT2D eigenvalue weighted by Gasteiger charge is 2.23. The van der Waals surface area contributed by atoms with Crippen LogP contribution in [0.4, 0.5) is 5.95 Å². The molecule has 8 heteroatoms. The minimum Gasteiger partial charge on any atom is -0.497 e. The standard InChI is InChI=1S/C29H29ClN4O3/c1-19(2)33(28(36)22-7-11-23(30)12-8-22)18-27(35)32-29-31-26(21-9-15-25(37-4)16-10-21)17-34(29)24-13-5-20(3)6-14-24/h5-17,19H,18H2,1-4H3,(H,31,32,35). The Morgan fingerprint density at radius 3 is 2.24 bits per heavy atom. The van der Waals surface area contributed by atoms with Gasteiger partial charge in [-0.25, -0.2) is 4.98 Å². The summed E-state index contributed by atoms with van der Waals surface area (Å²) < 4.78 is 7.09. The van der Waals surface area contributed by atoms with Gasteiger partial charge in [-0.3, -0.25) is 19.5 Å². The Hall–Kier alpha value is -4.10. The van der Waals surface area contributed by atoms with Crippen LogP contribution in [0.3, 0.4) is 0 Å². The molecule has 0 unspecified atom stereocenters. The average Bonchev–Trinajstić information content (AvgIpc) is 3.31. The van der Waals surface area contributed by atoms with Crippen LogP contribution in [0.2, 0.25) is 5.02 Å². The molecule has 0 fully saturated rings. The zero-order chi connectivity index (χ0) is 26.5. The number of aromatic nitrogens is 2. The van der Waals surface area contributed by atoms with E-state index in [4.69, 9.17) is 21.3 Å². The fourth-order valence-corrected chi connectivity index (χ4v) is 3.96. The van der Waals surface area contributed by atoms with Gasteiger partial charge in [-0.05, 0) is 81.4 Å². The molecule has 0 saturated carbocycles. The molecular weight excluding hydrogens is 488 g/mol. The highest BCUT2D eigenvalue weighted by molar-refractivity contribution is 6.30. The third-order valence-corrected chi connectivity index (χ3v) is 6.20. The zero-order valence-electron chi connectivity index (χ0n) is 21.2. The Morgan fingerprint density at radius 1 is 1.00 bits per heavy atom. The van der Waals surface area contributed by atoms with Crippen LogP contribution in [-0.4, -0.2) is 46.0 Å². The normalized spacial score (nSPS) is 10.9. The molecule has 0 aliphatic carbocycles. The Labute approximate surface area is 221 Å². The summed E-state index contributed by atoms with van der Waals surface area (Å²) in [6.07, 6.45) is 1.88. The predicted molar refractivity (Wildman–Crippen MR) is 147 cm³/mol. The van der Waals surface area contributed by atoms with Crippen LogP contribution >= 0.6 is 11.6 Å². The van der Waals surface area contributed by atoms with Crippen LogP contribution in [0, 0.1) is 6.92 Å². The van der Waals surface area contributed by atoms with Gasteiger partial charge in [0.2, 0.25) is 11.9 Å². The quantitative estimate of drug-likeness (QED) is 0.311. The number of rotatable bonds is 8. The molecule has 7 nitrogen and oxygen atoms in total. The van der Waals surface area contributed by atoms with Crippen LogP contribution < -0.4 is 10.1 Å². The smallest absolute Gasteiger partial charge is 0.254 e. The van der Waals surface area contributed by atoms with Crippen molar-refractivity contribution >= 4 is 29.4 Å². The molecule has 1 heterocycles. The molecule has 2 amide bonds. The van der Waals surface area contributed by atoms with Crippen LogP contribution in [0.1, 0.15) is 29.8 Å². The molecule has 190 valence electrons. The molecular formula is C29H29ClN4O3. The van der Waals surface area contributed by atoms with Crippen molar-refractivity contribution < 1.29 is 14.3 Å². The highest BCUT2D eigenvalue weighted by atomic mass is 35.5. The second-order valence-electron chi connectivity index (χ2n) is 8.97. The number of nitrogens with one attached hydrogen (secondary N) is 1. The van der Waals surface area contributed by atoms with Gasteiger partial charge < -0.3 is 9.64 Å². The fourth-order valence-electron chi connectivity index (χ4n) is 3.84. The van der Waals surface area contributed by atoms with Crippen molar-refractivity contribution in [3.8, 4) is 22.7 Å². The lowest BCUT2D eigenvalue weighted by Crippen LogP contribution is -2.42. The van der Waals surface area contributed by atoms with Crippen molar-refractivity contribution in [3.63, 3.8) is 0 Å². The van der Waals surface area contributed by atoms with E-state index in [1.807, 2.05) is 80.1 Å². The molecule has 0 atom stereocenters. The number of hydrogen-bond acceptors (Lipinski definition) is 4. The zero-order valence-corrected chi connectivity index (χ0v) is 22.0. The molecule has 1 N–H and O–H groups in total. The van der Waals surface area contributed by atoms with E-state index < -0.39 is 0 Å². The maximum atomic E-state index is 13.2. The SMILES string of the molecule is COc1ccc(-c2cn(-c3ccc(C)cc3)c(NC(=O)CN(C(=O)c3ccc(Cl)cc3)C(C)C)n2)cc1. The van der Waals surface area contributed by atoms with Crippen molar-refractivity contribution in [3.05, 3.63) is 95.1 Å². The van der Waals surface area contributed by atoms with Gasteiger partial charge in [-0.2, -0.15) is 0 Å². The summed E-state index contributed by atoms with van der Waals surface area (Å²) in [5, 5.41) is 3.45. The summed E-state index contributed by atoms with van der Waals surface area (Å²) in [5.41, 5.74) is 4.01. The van der Waals surface area contributed by atoms with Gasteiger partial charge in [-0.15, -0.1) is 0 Å². The summed E-state index contributed by atoms with van der Waals surface area (Å²) in [6.45, 7) is 5.63. The lowest BCUT2D eigenvalue weighted by atomic mass is 10.1. The van der Waals surface area contributed by atoms with Gasteiger partial charge in [0.25, 0.3) is 5.91 Å².